The molecule has 2 N–H and O–H groups in total. The minimum Gasteiger partial charge on any atom is -0.476 e. The highest BCUT2D eigenvalue weighted by Crippen LogP contribution is 2.30. The van der Waals surface area contributed by atoms with Crippen molar-refractivity contribution < 1.29 is 15.0 Å². The van der Waals surface area contributed by atoms with Gasteiger partial charge < -0.3 is 14.8 Å². The lowest BCUT2D eigenvalue weighted by Gasteiger charge is -2.21. The molecule has 3 rings (SSSR count). The Labute approximate surface area is 107 Å². The van der Waals surface area contributed by atoms with Gasteiger partial charge in [-0.2, -0.15) is 0 Å². The van der Waals surface area contributed by atoms with Crippen LogP contribution in [0.15, 0.2) is 17.5 Å². The third-order valence-electron chi connectivity index (χ3n) is 3.13. The lowest BCUT2D eigenvalue weighted by Crippen LogP contribution is -2.24. The number of fused-ring (bicyclic) bond motifs is 1. The van der Waals surface area contributed by atoms with Crippen LogP contribution in [0.1, 0.15) is 22.6 Å². The summed E-state index contributed by atoms with van der Waals surface area (Å²) in [6, 6.07) is 3.84. The molecule has 2 aromatic heterocycles. The summed E-state index contributed by atoms with van der Waals surface area (Å²) in [5, 5.41) is 20.8. The number of imidazole rings is 1. The molecule has 1 aliphatic heterocycles. The van der Waals surface area contributed by atoms with Gasteiger partial charge in [-0.05, 0) is 17.9 Å². The van der Waals surface area contributed by atoms with E-state index in [1.807, 2.05) is 22.1 Å². The number of aromatic carboxylic acids is 1. The van der Waals surface area contributed by atoms with Crippen molar-refractivity contribution in [3.05, 3.63) is 28.9 Å². The second kappa shape index (κ2) is 4.22. The van der Waals surface area contributed by atoms with Gasteiger partial charge in [0.25, 0.3) is 0 Å². The fraction of sp³-hybridized carbons (Fsp3) is 0.333. The molecule has 1 unspecified atom stereocenters. The average Bonchev–Trinajstić information content (AvgIpc) is 2.93. The van der Waals surface area contributed by atoms with Crippen molar-refractivity contribution in [2.45, 2.75) is 25.5 Å². The number of carbonyl (C=O) groups is 1. The first kappa shape index (κ1) is 11.4. The Bertz CT molecular complexity index is 589. The smallest absolute Gasteiger partial charge is 0.356 e. The monoisotopic (exact) mass is 264 g/mol. The predicted octanol–water partition coefficient (Wildman–Crippen LogP) is 1.62. The van der Waals surface area contributed by atoms with Gasteiger partial charge in [-0.3, -0.25) is 0 Å². The molecule has 3 heterocycles. The molecule has 0 aromatic carbocycles. The van der Waals surface area contributed by atoms with E-state index in [0.717, 1.165) is 4.88 Å². The molecule has 0 spiro atoms. The number of aromatic nitrogens is 2. The number of rotatable bonds is 2. The topological polar surface area (TPSA) is 75.3 Å². The first-order valence-corrected chi connectivity index (χ1v) is 6.59. The zero-order valence-corrected chi connectivity index (χ0v) is 10.4. The van der Waals surface area contributed by atoms with Crippen LogP contribution in [0.25, 0.3) is 10.7 Å². The van der Waals surface area contributed by atoms with Crippen LogP contribution < -0.4 is 0 Å². The Morgan fingerprint density at radius 3 is 3.06 bits per heavy atom. The van der Waals surface area contributed by atoms with Crippen LogP contribution in [-0.2, 0) is 13.0 Å². The third kappa shape index (κ3) is 1.74. The number of hydrogen-bond donors (Lipinski definition) is 2. The van der Waals surface area contributed by atoms with Crippen LogP contribution in [0.5, 0.6) is 0 Å². The molecule has 0 radical (unpaired) electrons. The Balaban J connectivity index is 2.17. The Hall–Kier alpha value is -1.66. The summed E-state index contributed by atoms with van der Waals surface area (Å²) >= 11 is 1.54. The van der Waals surface area contributed by atoms with Gasteiger partial charge in [-0.1, -0.05) is 6.07 Å². The number of nitrogens with zero attached hydrogens (tertiary/aromatic N) is 2. The number of thiophene rings is 1. The van der Waals surface area contributed by atoms with E-state index in [4.69, 9.17) is 0 Å². The van der Waals surface area contributed by atoms with Crippen LogP contribution in [0.3, 0.4) is 0 Å². The van der Waals surface area contributed by atoms with E-state index in [2.05, 4.69) is 4.98 Å². The SMILES string of the molecule is O=C(O)c1nc(-c2cccs2)n2c1CC(O)CC2. The fourth-order valence-electron chi connectivity index (χ4n) is 2.30. The molecule has 0 amide bonds. The van der Waals surface area contributed by atoms with E-state index in [9.17, 15) is 15.0 Å². The zero-order valence-electron chi connectivity index (χ0n) is 9.54. The van der Waals surface area contributed by atoms with Crippen molar-refractivity contribution in [1.29, 1.82) is 0 Å². The second-order valence-electron chi connectivity index (χ2n) is 4.31. The van der Waals surface area contributed by atoms with Gasteiger partial charge in [0.1, 0.15) is 0 Å². The standard InChI is InChI=1S/C12H12N2O3S/c15-7-3-4-14-8(6-7)10(12(16)17)13-11(14)9-2-1-5-18-9/h1-2,5,7,15H,3-4,6H2,(H,16,17). The fourth-order valence-corrected chi connectivity index (χ4v) is 3.02. The Morgan fingerprint density at radius 2 is 2.39 bits per heavy atom. The van der Waals surface area contributed by atoms with Crippen LogP contribution in [0.4, 0.5) is 0 Å². The summed E-state index contributed by atoms with van der Waals surface area (Å²) in [7, 11) is 0. The molecule has 0 saturated heterocycles. The molecule has 5 nitrogen and oxygen atoms in total. The van der Waals surface area contributed by atoms with E-state index in [1.165, 1.54) is 11.3 Å². The molecule has 0 fully saturated rings. The third-order valence-corrected chi connectivity index (χ3v) is 4.00. The van der Waals surface area contributed by atoms with Gasteiger partial charge in [0.05, 0.1) is 16.7 Å². The molecule has 18 heavy (non-hydrogen) atoms. The van der Waals surface area contributed by atoms with Crippen molar-refractivity contribution in [2.24, 2.45) is 0 Å². The Kier molecular flexibility index (Phi) is 2.68. The largest absolute Gasteiger partial charge is 0.476 e. The Morgan fingerprint density at radius 1 is 1.56 bits per heavy atom. The molecule has 0 aliphatic carbocycles. The lowest BCUT2D eigenvalue weighted by molar-refractivity contribution is 0.0687. The quantitative estimate of drug-likeness (QED) is 0.864. The highest BCUT2D eigenvalue weighted by Gasteiger charge is 2.28. The van der Waals surface area contributed by atoms with Gasteiger partial charge in [0, 0.05) is 13.0 Å². The van der Waals surface area contributed by atoms with Crippen molar-refractivity contribution in [2.75, 3.05) is 0 Å². The summed E-state index contributed by atoms with van der Waals surface area (Å²) in [6.07, 6.45) is 0.532. The van der Waals surface area contributed by atoms with Gasteiger partial charge in [-0.15, -0.1) is 11.3 Å². The van der Waals surface area contributed by atoms with E-state index >= 15 is 0 Å². The van der Waals surface area contributed by atoms with Gasteiger partial charge in [-0.25, -0.2) is 9.78 Å². The van der Waals surface area contributed by atoms with Gasteiger partial charge in [0.15, 0.2) is 11.5 Å². The maximum Gasteiger partial charge on any atom is 0.356 e. The minimum absolute atomic E-state index is 0.0668. The van der Waals surface area contributed by atoms with Crippen LogP contribution in [0.2, 0.25) is 0 Å². The molecule has 2 aromatic rings. The van der Waals surface area contributed by atoms with Crippen molar-refractivity contribution >= 4 is 17.3 Å². The highest BCUT2D eigenvalue weighted by atomic mass is 32.1. The minimum atomic E-state index is -1.03. The second-order valence-corrected chi connectivity index (χ2v) is 5.26. The molecule has 6 heteroatoms. The van der Waals surface area contributed by atoms with Crippen molar-refractivity contribution in [1.82, 2.24) is 9.55 Å². The van der Waals surface area contributed by atoms with Crippen LogP contribution in [0, 0.1) is 0 Å². The first-order chi connectivity index (χ1) is 8.66. The summed E-state index contributed by atoms with van der Waals surface area (Å²) < 4.78 is 1.92. The summed E-state index contributed by atoms with van der Waals surface area (Å²) in [6.45, 7) is 0.615. The molecule has 0 bridgehead atoms. The number of hydrogen-bond acceptors (Lipinski definition) is 4. The van der Waals surface area contributed by atoms with Crippen LogP contribution >= 0.6 is 11.3 Å². The van der Waals surface area contributed by atoms with Gasteiger partial charge >= 0.3 is 5.97 Å². The van der Waals surface area contributed by atoms with E-state index < -0.39 is 12.1 Å². The highest BCUT2D eigenvalue weighted by molar-refractivity contribution is 7.13. The van der Waals surface area contributed by atoms with Crippen molar-refractivity contribution in [3.63, 3.8) is 0 Å². The molecule has 94 valence electrons. The summed E-state index contributed by atoms with van der Waals surface area (Å²) in [4.78, 5) is 16.4. The maximum atomic E-state index is 11.2. The van der Waals surface area contributed by atoms with E-state index in [-0.39, 0.29) is 5.69 Å². The first-order valence-electron chi connectivity index (χ1n) is 5.71. The maximum absolute atomic E-state index is 11.2. The van der Waals surface area contributed by atoms with Gasteiger partial charge in [0.2, 0.25) is 0 Å². The predicted molar refractivity (Wildman–Crippen MR) is 66.8 cm³/mol. The number of aliphatic hydroxyl groups is 1. The number of carboxylic acid groups (broad SMARTS) is 1. The van der Waals surface area contributed by atoms with Crippen LogP contribution in [-0.4, -0.2) is 31.8 Å². The molecule has 1 atom stereocenters. The molecule has 0 saturated carbocycles. The zero-order chi connectivity index (χ0) is 12.7. The van der Waals surface area contributed by atoms with Crippen molar-refractivity contribution in [3.8, 4) is 10.7 Å². The molecule has 1 aliphatic rings. The van der Waals surface area contributed by atoms with E-state index in [0.29, 0.717) is 30.9 Å². The lowest BCUT2D eigenvalue weighted by atomic mass is 10.1. The summed E-state index contributed by atoms with van der Waals surface area (Å²) in [5.74, 6) is -0.333. The normalized spacial score (nSPS) is 18.6. The van der Waals surface area contributed by atoms with E-state index in [1.54, 1.807) is 0 Å². The summed E-state index contributed by atoms with van der Waals surface area (Å²) in [5.41, 5.74) is 0.696. The average molecular weight is 264 g/mol. The molecular formula is C12H12N2O3S. The number of aliphatic hydroxyl groups excluding tert-OH is 1. The molecular weight excluding hydrogens is 252 g/mol. The number of carboxylic acids is 1.